The van der Waals surface area contributed by atoms with E-state index in [2.05, 4.69) is 5.32 Å². The van der Waals surface area contributed by atoms with Gasteiger partial charge in [0.25, 0.3) is 17.7 Å². The van der Waals surface area contributed by atoms with E-state index in [1.54, 1.807) is 48.5 Å². The van der Waals surface area contributed by atoms with Crippen molar-refractivity contribution in [2.24, 2.45) is 0 Å². The van der Waals surface area contributed by atoms with Gasteiger partial charge in [-0.05, 0) is 42.3 Å². The molecule has 0 radical (unpaired) electrons. The number of hydrogen-bond donors (Lipinski definition) is 1. The molecule has 0 aromatic heterocycles. The van der Waals surface area contributed by atoms with Crippen LogP contribution in [0.4, 0.5) is 0 Å². The van der Waals surface area contributed by atoms with Crippen LogP contribution in [0.15, 0.2) is 78.9 Å². The molecule has 1 aliphatic rings. The first-order valence-corrected chi connectivity index (χ1v) is 10.5. The second-order valence-corrected chi connectivity index (χ2v) is 7.71. The minimum Gasteiger partial charge on any atom is -0.452 e. The lowest BCUT2D eigenvalue weighted by molar-refractivity contribution is -0.124. The van der Waals surface area contributed by atoms with Gasteiger partial charge in [0.15, 0.2) is 6.61 Å². The highest BCUT2D eigenvalue weighted by Gasteiger charge is 2.34. The number of carbonyl (C=O) groups is 4. The van der Waals surface area contributed by atoms with Crippen LogP contribution < -0.4 is 5.32 Å². The zero-order valence-electron chi connectivity index (χ0n) is 18.0. The number of rotatable bonds is 7. The second kappa shape index (κ2) is 9.48. The predicted molar refractivity (Wildman–Crippen MR) is 120 cm³/mol. The summed E-state index contributed by atoms with van der Waals surface area (Å²) < 4.78 is 5.11. The highest BCUT2D eigenvalue weighted by Crippen LogP contribution is 2.24. The molecule has 0 saturated carbocycles. The summed E-state index contributed by atoms with van der Waals surface area (Å²) in [5, 5.41) is 2.78. The topological polar surface area (TPSA) is 92.8 Å². The summed E-state index contributed by atoms with van der Waals surface area (Å²) in [4.78, 5) is 50.6. The lowest BCUT2D eigenvalue weighted by Crippen LogP contribution is -2.31. The Morgan fingerprint density at radius 3 is 2.03 bits per heavy atom. The Morgan fingerprint density at radius 2 is 1.42 bits per heavy atom. The summed E-state index contributed by atoms with van der Waals surface area (Å²) in [6, 6.07) is 22.3. The Hall–Kier alpha value is -4.26. The van der Waals surface area contributed by atoms with E-state index in [4.69, 9.17) is 4.74 Å². The number of imide groups is 1. The van der Waals surface area contributed by atoms with Crippen molar-refractivity contribution >= 4 is 23.7 Å². The number of amides is 3. The number of benzene rings is 3. The smallest absolute Gasteiger partial charge is 0.338 e. The monoisotopic (exact) mass is 442 g/mol. The number of nitrogens with zero attached hydrogens (tertiary/aromatic N) is 1. The van der Waals surface area contributed by atoms with Crippen molar-refractivity contribution in [1.29, 1.82) is 0 Å². The molecule has 0 bridgehead atoms. The van der Waals surface area contributed by atoms with Crippen LogP contribution in [0, 0.1) is 0 Å². The first kappa shape index (κ1) is 22.0. The molecule has 7 nitrogen and oxygen atoms in total. The molecule has 166 valence electrons. The molecule has 3 aromatic carbocycles. The van der Waals surface area contributed by atoms with E-state index in [1.165, 1.54) is 4.90 Å². The maximum Gasteiger partial charge on any atom is 0.338 e. The van der Waals surface area contributed by atoms with Crippen LogP contribution in [-0.4, -0.2) is 35.2 Å². The fourth-order valence-corrected chi connectivity index (χ4v) is 3.63. The molecule has 3 aromatic rings. The maximum absolute atomic E-state index is 12.5. The van der Waals surface area contributed by atoms with Gasteiger partial charge in [-0.15, -0.1) is 0 Å². The van der Waals surface area contributed by atoms with Gasteiger partial charge < -0.3 is 10.1 Å². The Bertz CT molecular complexity index is 1170. The molecule has 7 heteroatoms. The van der Waals surface area contributed by atoms with Gasteiger partial charge in [0.2, 0.25) is 0 Å². The third-order valence-electron chi connectivity index (χ3n) is 5.42. The first-order valence-electron chi connectivity index (χ1n) is 10.5. The minimum atomic E-state index is -0.634. The number of nitrogens with one attached hydrogen (secondary N) is 1. The summed E-state index contributed by atoms with van der Waals surface area (Å²) in [7, 11) is 0. The molecule has 0 saturated heterocycles. The third kappa shape index (κ3) is 4.82. The molecule has 33 heavy (non-hydrogen) atoms. The van der Waals surface area contributed by atoms with Crippen LogP contribution in [0.3, 0.4) is 0 Å². The maximum atomic E-state index is 12.5. The zero-order chi connectivity index (χ0) is 23.4. The molecule has 0 fully saturated rings. The first-order chi connectivity index (χ1) is 15.9. The van der Waals surface area contributed by atoms with Crippen molar-refractivity contribution in [2.45, 2.75) is 19.5 Å². The van der Waals surface area contributed by atoms with Gasteiger partial charge in [-0.3, -0.25) is 19.3 Å². The molecule has 3 amide bonds. The molecule has 0 spiro atoms. The highest BCUT2D eigenvalue weighted by molar-refractivity contribution is 6.21. The zero-order valence-corrected chi connectivity index (χ0v) is 18.0. The fraction of sp³-hybridized carbons (Fsp3) is 0.154. The number of esters is 1. The van der Waals surface area contributed by atoms with E-state index in [1.807, 2.05) is 37.3 Å². The van der Waals surface area contributed by atoms with Crippen LogP contribution in [0.5, 0.6) is 0 Å². The number of fused-ring (bicyclic) bond motifs is 1. The molecule has 1 aliphatic heterocycles. The van der Waals surface area contributed by atoms with E-state index >= 15 is 0 Å². The molecular weight excluding hydrogens is 420 g/mol. The van der Waals surface area contributed by atoms with Crippen LogP contribution in [0.1, 0.15) is 55.2 Å². The van der Waals surface area contributed by atoms with Crippen molar-refractivity contribution < 1.29 is 23.9 Å². The van der Waals surface area contributed by atoms with E-state index in [0.717, 1.165) is 5.56 Å². The lowest BCUT2D eigenvalue weighted by atomic mass is 10.1. The summed E-state index contributed by atoms with van der Waals surface area (Å²) >= 11 is 0. The van der Waals surface area contributed by atoms with Crippen LogP contribution in [-0.2, 0) is 16.1 Å². The second-order valence-electron chi connectivity index (χ2n) is 7.71. The van der Waals surface area contributed by atoms with Gasteiger partial charge in [-0.25, -0.2) is 4.79 Å². The Morgan fingerprint density at radius 1 is 0.848 bits per heavy atom. The highest BCUT2D eigenvalue weighted by atomic mass is 16.5. The Kier molecular flexibility index (Phi) is 6.31. The lowest BCUT2D eigenvalue weighted by Gasteiger charge is -2.15. The Labute approximate surface area is 191 Å². The normalized spacial score (nSPS) is 13.4. The summed E-state index contributed by atoms with van der Waals surface area (Å²) in [5.41, 5.74) is 2.69. The molecule has 0 aliphatic carbocycles. The van der Waals surface area contributed by atoms with Crippen LogP contribution in [0.2, 0.25) is 0 Å². The van der Waals surface area contributed by atoms with Crippen molar-refractivity contribution in [1.82, 2.24) is 10.2 Å². The van der Waals surface area contributed by atoms with Crippen molar-refractivity contribution in [3.05, 3.63) is 107 Å². The van der Waals surface area contributed by atoms with E-state index in [9.17, 15) is 19.2 Å². The van der Waals surface area contributed by atoms with E-state index < -0.39 is 18.5 Å². The van der Waals surface area contributed by atoms with Crippen molar-refractivity contribution in [3.63, 3.8) is 0 Å². The van der Waals surface area contributed by atoms with Gasteiger partial charge in [0, 0.05) is 0 Å². The molecule has 1 atom stereocenters. The Balaban J connectivity index is 1.30. The molecular formula is C26H22N2O5. The third-order valence-corrected chi connectivity index (χ3v) is 5.42. The van der Waals surface area contributed by atoms with Crippen molar-refractivity contribution in [3.8, 4) is 0 Å². The fourth-order valence-electron chi connectivity index (χ4n) is 3.63. The van der Waals surface area contributed by atoms with Gasteiger partial charge in [0.05, 0.1) is 29.3 Å². The number of carbonyl (C=O) groups excluding carboxylic acids is 4. The molecule has 4 rings (SSSR count). The molecule has 1 unspecified atom stereocenters. The van der Waals surface area contributed by atoms with E-state index in [-0.39, 0.29) is 30.0 Å². The van der Waals surface area contributed by atoms with Crippen molar-refractivity contribution in [2.75, 3.05) is 6.61 Å². The van der Waals surface area contributed by atoms with Gasteiger partial charge in [0.1, 0.15) is 0 Å². The average Bonchev–Trinajstić information content (AvgIpc) is 3.08. The summed E-state index contributed by atoms with van der Waals surface area (Å²) in [5.74, 6) is -1.71. The van der Waals surface area contributed by atoms with E-state index in [0.29, 0.717) is 16.7 Å². The minimum absolute atomic E-state index is 0.0987. The number of ether oxygens (including phenoxy) is 1. The SMILES string of the molecule is CC(NC(=O)COC(=O)c1ccc(CN2C(=O)c3ccccc3C2=O)cc1)c1ccccc1. The van der Waals surface area contributed by atoms with Gasteiger partial charge in [-0.2, -0.15) is 0 Å². The van der Waals surface area contributed by atoms with Crippen LogP contribution >= 0.6 is 0 Å². The largest absolute Gasteiger partial charge is 0.452 e. The molecule has 1 N–H and O–H groups in total. The number of hydrogen-bond acceptors (Lipinski definition) is 5. The quantitative estimate of drug-likeness (QED) is 0.447. The summed E-state index contributed by atoms with van der Waals surface area (Å²) in [6.07, 6.45) is 0. The standard InChI is InChI=1S/C26H22N2O5/c1-17(19-7-3-2-4-8-19)27-23(29)16-33-26(32)20-13-11-18(12-14-20)15-28-24(30)21-9-5-6-10-22(21)25(28)31/h2-14,17H,15-16H2,1H3,(H,27,29). The van der Waals surface area contributed by atoms with Crippen LogP contribution in [0.25, 0.3) is 0 Å². The predicted octanol–water partition coefficient (Wildman–Crippen LogP) is 3.52. The molecule has 1 heterocycles. The van der Waals surface area contributed by atoms with Gasteiger partial charge in [-0.1, -0.05) is 54.6 Å². The summed E-state index contributed by atoms with van der Waals surface area (Å²) in [6.45, 7) is 1.55. The van der Waals surface area contributed by atoms with Gasteiger partial charge >= 0.3 is 5.97 Å². The average molecular weight is 442 g/mol.